The molecule has 1 amide bonds. The van der Waals surface area contributed by atoms with Gasteiger partial charge in [0, 0.05) is 42.8 Å². The second-order valence-corrected chi connectivity index (χ2v) is 6.39. The van der Waals surface area contributed by atoms with E-state index in [1.807, 2.05) is 18.2 Å². The van der Waals surface area contributed by atoms with Crippen LogP contribution in [-0.4, -0.2) is 45.8 Å². The van der Waals surface area contributed by atoms with Crippen molar-refractivity contribution in [3.05, 3.63) is 46.6 Å². The molecule has 1 aliphatic rings. The molecular weight excluding hydrogens is 340 g/mol. The van der Waals surface area contributed by atoms with Crippen LogP contribution in [0.15, 0.2) is 35.4 Å². The van der Waals surface area contributed by atoms with E-state index in [9.17, 15) is 9.59 Å². The van der Waals surface area contributed by atoms with Gasteiger partial charge in [-0.2, -0.15) is 0 Å². The number of nitrogens with one attached hydrogen (secondary N) is 2. The van der Waals surface area contributed by atoms with Crippen LogP contribution in [0.4, 0.5) is 5.69 Å². The second kappa shape index (κ2) is 7.70. The molecule has 0 spiro atoms. The maximum absolute atomic E-state index is 12.2. The van der Waals surface area contributed by atoms with Crippen LogP contribution in [0, 0.1) is 0 Å². The lowest BCUT2D eigenvalue weighted by molar-refractivity contribution is -0.127. The van der Waals surface area contributed by atoms with Crippen LogP contribution in [0.5, 0.6) is 0 Å². The molecule has 7 heteroatoms. The third-order valence-corrected chi connectivity index (χ3v) is 4.66. The van der Waals surface area contributed by atoms with Crippen LogP contribution < -0.4 is 10.9 Å². The van der Waals surface area contributed by atoms with Crippen molar-refractivity contribution >= 4 is 23.2 Å². The molecule has 1 fully saturated rings. The number of H-pyrrole nitrogens is 1. The van der Waals surface area contributed by atoms with Gasteiger partial charge >= 0.3 is 0 Å². The Bertz CT molecular complexity index is 821. The smallest absolute Gasteiger partial charge is 0.271 e. The van der Waals surface area contributed by atoms with Gasteiger partial charge in [0.15, 0.2) is 0 Å². The molecule has 132 valence electrons. The van der Waals surface area contributed by atoms with Crippen molar-refractivity contribution in [2.24, 2.45) is 0 Å². The number of alkyl halides is 1. The van der Waals surface area contributed by atoms with Crippen molar-refractivity contribution in [2.45, 2.75) is 25.8 Å². The first-order valence-electron chi connectivity index (χ1n) is 8.39. The first-order chi connectivity index (χ1) is 12.1. The fraction of sp³-hybridized carbons (Fsp3) is 0.389. The van der Waals surface area contributed by atoms with Gasteiger partial charge in [-0.05, 0) is 36.6 Å². The van der Waals surface area contributed by atoms with Gasteiger partial charge in [-0.15, -0.1) is 11.6 Å². The Morgan fingerprint density at radius 3 is 3.04 bits per heavy atom. The number of aromatic nitrogens is 2. The minimum Gasteiger partial charge on any atom is -0.376 e. The van der Waals surface area contributed by atoms with E-state index in [2.05, 4.69) is 22.2 Å². The van der Waals surface area contributed by atoms with E-state index >= 15 is 0 Å². The van der Waals surface area contributed by atoms with Crippen molar-refractivity contribution in [3.8, 4) is 11.1 Å². The number of hydrogen-bond donors (Lipinski definition) is 2. The number of nitrogens with zero attached hydrogens (tertiary/aromatic N) is 2. The molecule has 25 heavy (non-hydrogen) atoms. The molecule has 0 aromatic carbocycles. The molecule has 6 nitrogen and oxygen atoms in total. The predicted octanol–water partition coefficient (Wildman–Crippen LogP) is 2.25. The topological polar surface area (TPSA) is 78.1 Å². The summed E-state index contributed by atoms with van der Waals surface area (Å²) in [6.07, 6.45) is 5.13. The highest BCUT2D eigenvalue weighted by Crippen LogP contribution is 2.22. The maximum atomic E-state index is 12.2. The lowest BCUT2D eigenvalue weighted by Crippen LogP contribution is -2.33. The van der Waals surface area contributed by atoms with E-state index in [4.69, 9.17) is 11.6 Å². The molecular formula is C18H21ClN4O2. The summed E-state index contributed by atoms with van der Waals surface area (Å²) in [5, 5.41) is 3.26. The number of carbonyl (C=O) groups is 1. The van der Waals surface area contributed by atoms with Crippen LogP contribution in [0.25, 0.3) is 11.1 Å². The Morgan fingerprint density at radius 1 is 1.44 bits per heavy atom. The standard InChI is InChI=1S/C18H21ClN4O2/c1-2-14-7-12(3-5-20-14)13-8-16(18(25)21-10-13)22-15-4-6-23(11-15)17(24)9-19/h3,5,7-8,10,15,22H,2,4,6,9,11H2,1H3,(H,21,25)/t15-/m1/s1. The third kappa shape index (κ3) is 4.02. The molecule has 3 rings (SSSR count). The Morgan fingerprint density at radius 2 is 2.28 bits per heavy atom. The molecule has 3 heterocycles. The second-order valence-electron chi connectivity index (χ2n) is 6.12. The minimum absolute atomic E-state index is 0.00933. The number of rotatable bonds is 5. The Balaban J connectivity index is 1.78. The Kier molecular flexibility index (Phi) is 5.38. The molecule has 2 aromatic rings. The van der Waals surface area contributed by atoms with E-state index in [1.54, 1.807) is 17.3 Å². The number of anilines is 1. The number of carbonyl (C=O) groups excluding carboxylic acids is 1. The number of amides is 1. The van der Waals surface area contributed by atoms with Crippen molar-refractivity contribution in [1.29, 1.82) is 0 Å². The Labute approximate surface area is 151 Å². The lowest BCUT2D eigenvalue weighted by Gasteiger charge is -2.16. The van der Waals surface area contributed by atoms with E-state index in [-0.39, 0.29) is 23.4 Å². The summed E-state index contributed by atoms with van der Waals surface area (Å²) in [5.41, 5.74) is 3.28. The lowest BCUT2D eigenvalue weighted by atomic mass is 10.1. The normalized spacial score (nSPS) is 16.9. The van der Waals surface area contributed by atoms with E-state index in [0.717, 1.165) is 29.7 Å². The minimum atomic E-state index is -0.171. The average Bonchev–Trinajstić information content (AvgIpc) is 3.11. The molecule has 1 saturated heterocycles. The predicted molar refractivity (Wildman–Crippen MR) is 99.0 cm³/mol. The number of halogens is 1. The van der Waals surface area contributed by atoms with Gasteiger partial charge < -0.3 is 15.2 Å². The van der Waals surface area contributed by atoms with Gasteiger partial charge in [-0.3, -0.25) is 14.6 Å². The molecule has 2 aromatic heterocycles. The van der Waals surface area contributed by atoms with Crippen LogP contribution in [-0.2, 0) is 11.2 Å². The largest absolute Gasteiger partial charge is 0.376 e. The van der Waals surface area contributed by atoms with E-state index in [0.29, 0.717) is 18.8 Å². The number of likely N-dealkylation sites (tertiary alicyclic amines) is 1. The Hall–Kier alpha value is -2.34. The zero-order valence-electron chi connectivity index (χ0n) is 14.1. The fourth-order valence-corrected chi connectivity index (χ4v) is 3.19. The van der Waals surface area contributed by atoms with Gasteiger partial charge in [0.05, 0.1) is 0 Å². The van der Waals surface area contributed by atoms with Gasteiger partial charge in [0.1, 0.15) is 11.6 Å². The first kappa shape index (κ1) is 17.5. The highest BCUT2D eigenvalue weighted by Gasteiger charge is 2.26. The molecule has 0 radical (unpaired) electrons. The highest BCUT2D eigenvalue weighted by atomic mass is 35.5. The third-order valence-electron chi connectivity index (χ3n) is 4.43. The SMILES string of the molecule is CCc1cc(-c2c[nH]c(=O)c(N[C@@H]3CCN(C(=O)CCl)C3)c2)ccn1. The summed E-state index contributed by atoms with van der Waals surface area (Å²) in [4.78, 5) is 32.6. The molecule has 0 unspecified atom stereocenters. The number of pyridine rings is 2. The highest BCUT2D eigenvalue weighted by molar-refractivity contribution is 6.27. The summed E-state index contributed by atoms with van der Waals surface area (Å²) >= 11 is 5.61. The van der Waals surface area contributed by atoms with Gasteiger partial charge in [0.2, 0.25) is 5.91 Å². The van der Waals surface area contributed by atoms with Crippen molar-refractivity contribution in [2.75, 3.05) is 24.3 Å². The summed E-state index contributed by atoms with van der Waals surface area (Å²) in [5.74, 6) is -0.0811. The van der Waals surface area contributed by atoms with Crippen molar-refractivity contribution < 1.29 is 4.79 Å². The molecule has 0 aliphatic carbocycles. The average molecular weight is 361 g/mol. The monoisotopic (exact) mass is 360 g/mol. The fourth-order valence-electron chi connectivity index (χ4n) is 3.02. The maximum Gasteiger partial charge on any atom is 0.271 e. The molecule has 2 N–H and O–H groups in total. The van der Waals surface area contributed by atoms with Crippen LogP contribution >= 0.6 is 11.6 Å². The van der Waals surface area contributed by atoms with Crippen molar-refractivity contribution in [3.63, 3.8) is 0 Å². The molecule has 1 aliphatic heterocycles. The van der Waals surface area contributed by atoms with Crippen LogP contribution in [0.1, 0.15) is 19.0 Å². The van der Waals surface area contributed by atoms with E-state index in [1.165, 1.54) is 0 Å². The molecule has 0 bridgehead atoms. The van der Waals surface area contributed by atoms with Crippen molar-refractivity contribution in [1.82, 2.24) is 14.9 Å². The van der Waals surface area contributed by atoms with Crippen LogP contribution in [0.3, 0.4) is 0 Å². The number of aryl methyl sites for hydroxylation is 1. The van der Waals surface area contributed by atoms with E-state index < -0.39 is 0 Å². The number of hydrogen-bond acceptors (Lipinski definition) is 4. The quantitative estimate of drug-likeness (QED) is 0.802. The summed E-state index contributed by atoms with van der Waals surface area (Å²) in [6, 6.07) is 5.84. The molecule has 1 atom stereocenters. The zero-order valence-corrected chi connectivity index (χ0v) is 14.8. The van der Waals surface area contributed by atoms with Gasteiger partial charge in [-0.1, -0.05) is 6.92 Å². The zero-order chi connectivity index (χ0) is 17.8. The first-order valence-corrected chi connectivity index (χ1v) is 8.92. The number of aromatic amines is 1. The summed E-state index contributed by atoms with van der Waals surface area (Å²) in [6.45, 7) is 3.27. The van der Waals surface area contributed by atoms with Crippen LogP contribution in [0.2, 0.25) is 0 Å². The van der Waals surface area contributed by atoms with Gasteiger partial charge in [0.25, 0.3) is 5.56 Å². The summed E-state index contributed by atoms with van der Waals surface area (Å²) < 4.78 is 0. The summed E-state index contributed by atoms with van der Waals surface area (Å²) in [7, 11) is 0. The van der Waals surface area contributed by atoms with Gasteiger partial charge in [-0.25, -0.2) is 0 Å². The molecule has 0 saturated carbocycles.